The monoisotopic (exact) mass is 385 g/mol. The van der Waals surface area contributed by atoms with E-state index in [4.69, 9.17) is 10.5 Å². The second kappa shape index (κ2) is 8.98. The zero-order valence-corrected chi connectivity index (χ0v) is 15.6. The van der Waals surface area contributed by atoms with Gasteiger partial charge >= 0.3 is 5.97 Å². The lowest BCUT2D eigenvalue weighted by molar-refractivity contribution is -0.148. The highest BCUT2D eigenvalue weighted by atomic mass is 16.5. The molecule has 148 valence electrons. The minimum absolute atomic E-state index is 0.100. The molecule has 0 aromatic carbocycles. The molecule has 3 heterocycles. The fourth-order valence-electron chi connectivity index (χ4n) is 3.02. The largest absolute Gasteiger partial charge is 0.466 e. The third kappa shape index (κ3) is 4.45. The summed E-state index contributed by atoms with van der Waals surface area (Å²) in [6.45, 7) is 3.45. The van der Waals surface area contributed by atoms with Gasteiger partial charge in [0.2, 0.25) is 0 Å². The number of pyridine rings is 1. The number of nitrogens with one attached hydrogen (secondary N) is 2. The van der Waals surface area contributed by atoms with Crippen LogP contribution in [0, 0.1) is 5.92 Å². The van der Waals surface area contributed by atoms with Crippen LogP contribution in [0.1, 0.15) is 30.1 Å². The van der Waals surface area contributed by atoms with Gasteiger partial charge < -0.3 is 15.4 Å². The molecule has 1 fully saturated rings. The van der Waals surface area contributed by atoms with E-state index < -0.39 is 0 Å². The number of hydrazine groups is 1. The van der Waals surface area contributed by atoms with Crippen molar-refractivity contribution in [2.24, 2.45) is 5.92 Å². The van der Waals surface area contributed by atoms with Crippen molar-refractivity contribution < 1.29 is 14.3 Å². The van der Waals surface area contributed by atoms with Gasteiger partial charge in [0, 0.05) is 31.0 Å². The number of rotatable bonds is 6. The number of nitrogen functional groups attached to an aromatic ring is 1. The number of esters is 1. The van der Waals surface area contributed by atoms with E-state index in [0.29, 0.717) is 55.4 Å². The van der Waals surface area contributed by atoms with Gasteiger partial charge in [-0.2, -0.15) is 0 Å². The number of carbonyl (C=O) groups is 2. The molecule has 0 spiro atoms. The van der Waals surface area contributed by atoms with Crippen LogP contribution in [-0.4, -0.2) is 46.5 Å². The van der Waals surface area contributed by atoms with Crippen molar-refractivity contribution in [3.63, 3.8) is 0 Å². The maximum absolute atomic E-state index is 12.1. The minimum atomic E-state index is -0.336. The number of carbonyl (C=O) groups excluding carboxylic acids is 2. The molecule has 10 heteroatoms. The van der Waals surface area contributed by atoms with Crippen LogP contribution < -0.4 is 21.5 Å². The van der Waals surface area contributed by atoms with Crippen molar-refractivity contribution in [1.29, 1.82) is 0 Å². The summed E-state index contributed by atoms with van der Waals surface area (Å²) in [5.74, 6) is 0.283. The van der Waals surface area contributed by atoms with Crippen molar-refractivity contribution in [2.45, 2.75) is 19.8 Å². The molecule has 1 amide bonds. The molecular weight excluding hydrogens is 362 g/mol. The topological polar surface area (TPSA) is 135 Å². The van der Waals surface area contributed by atoms with Gasteiger partial charge in [0.05, 0.1) is 12.5 Å². The third-order valence-electron chi connectivity index (χ3n) is 4.51. The summed E-state index contributed by atoms with van der Waals surface area (Å²) in [6.07, 6.45) is 5.79. The van der Waals surface area contributed by atoms with Crippen LogP contribution in [0.4, 0.5) is 17.3 Å². The average molecular weight is 385 g/mol. The molecule has 1 aliphatic heterocycles. The molecule has 2 aromatic heterocycles. The number of anilines is 3. The molecule has 0 aliphatic carbocycles. The molecule has 0 atom stereocenters. The molecule has 3 rings (SSSR count). The molecular formula is C18H23N7O3. The molecule has 4 N–H and O–H groups in total. The van der Waals surface area contributed by atoms with Gasteiger partial charge in [-0.1, -0.05) is 0 Å². The quantitative estimate of drug-likeness (QED) is 0.491. The minimum Gasteiger partial charge on any atom is -0.466 e. The Morgan fingerprint density at radius 1 is 1.25 bits per heavy atom. The van der Waals surface area contributed by atoms with Crippen molar-refractivity contribution in [3.05, 3.63) is 36.4 Å². The van der Waals surface area contributed by atoms with E-state index in [1.165, 1.54) is 18.7 Å². The lowest BCUT2D eigenvalue weighted by Gasteiger charge is -2.32. The van der Waals surface area contributed by atoms with Crippen molar-refractivity contribution in [2.75, 3.05) is 35.8 Å². The van der Waals surface area contributed by atoms with Crippen LogP contribution in [0.2, 0.25) is 0 Å². The van der Waals surface area contributed by atoms with E-state index in [1.54, 1.807) is 19.1 Å². The van der Waals surface area contributed by atoms with Crippen molar-refractivity contribution in [3.8, 4) is 0 Å². The molecule has 2 aromatic rings. The van der Waals surface area contributed by atoms with Crippen molar-refractivity contribution >= 4 is 29.2 Å². The standard InChI is InChI=1S/C18H23N7O3/c1-2-28-18(27)13-5-9-25(10-6-13)16-14(19)15(21-11-22-16)23-24-17(26)12-3-7-20-8-4-12/h3-4,7-8,11,13H,2,5-6,9-10,19H2,1H3,(H,24,26)(H,21,22,23). The second-order valence-electron chi connectivity index (χ2n) is 6.29. The fraction of sp³-hybridized carbons (Fsp3) is 0.389. The third-order valence-corrected chi connectivity index (χ3v) is 4.51. The Hall–Kier alpha value is -3.43. The molecule has 10 nitrogen and oxygen atoms in total. The summed E-state index contributed by atoms with van der Waals surface area (Å²) in [4.78, 5) is 38.2. The average Bonchev–Trinajstić information content (AvgIpc) is 2.74. The lowest BCUT2D eigenvalue weighted by atomic mass is 9.97. The Morgan fingerprint density at radius 2 is 1.96 bits per heavy atom. The van der Waals surface area contributed by atoms with Gasteiger partial charge in [0.15, 0.2) is 11.6 Å². The highest BCUT2D eigenvalue weighted by Gasteiger charge is 2.28. The number of hydrogen-bond acceptors (Lipinski definition) is 9. The Morgan fingerprint density at radius 3 is 2.64 bits per heavy atom. The van der Waals surface area contributed by atoms with Crippen LogP contribution in [0.25, 0.3) is 0 Å². The zero-order valence-electron chi connectivity index (χ0n) is 15.6. The van der Waals surface area contributed by atoms with Crippen LogP contribution in [0.3, 0.4) is 0 Å². The SMILES string of the molecule is CCOC(=O)C1CCN(c2ncnc(NNC(=O)c3ccncc3)c2N)CC1. The summed E-state index contributed by atoms with van der Waals surface area (Å²) in [7, 11) is 0. The summed E-state index contributed by atoms with van der Waals surface area (Å²) < 4.78 is 5.09. The summed E-state index contributed by atoms with van der Waals surface area (Å²) in [6, 6.07) is 3.19. The Kier molecular flexibility index (Phi) is 6.20. The summed E-state index contributed by atoms with van der Waals surface area (Å²) in [5, 5.41) is 0. The van der Waals surface area contributed by atoms with Crippen molar-refractivity contribution in [1.82, 2.24) is 20.4 Å². The lowest BCUT2D eigenvalue weighted by Crippen LogP contribution is -2.38. The van der Waals surface area contributed by atoms with E-state index in [1.807, 2.05) is 4.90 Å². The van der Waals surface area contributed by atoms with Gasteiger partial charge in [0.25, 0.3) is 5.91 Å². The molecule has 0 bridgehead atoms. The number of piperidine rings is 1. The molecule has 28 heavy (non-hydrogen) atoms. The number of amides is 1. The number of nitrogens with two attached hydrogens (primary N) is 1. The predicted octanol–water partition coefficient (Wildman–Crippen LogP) is 0.990. The highest BCUT2D eigenvalue weighted by molar-refractivity contribution is 5.95. The van der Waals surface area contributed by atoms with Crippen LogP contribution in [-0.2, 0) is 9.53 Å². The normalized spacial score (nSPS) is 14.4. The zero-order chi connectivity index (χ0) is 19.9. The molecule has 1 aliphatic rings. The van der Waals surface area contributed by atoms with E-state index in [9.17, 15) is 9.59 Å². The van der Waals surface area contributed by atoms with Crippen LogP contribution in [0.5, 0.6) is 0 Å². The first-order valence-electron chi connectivity index (χ1n) is 9.08. The van der Waals surface area contributed by atoms with E-state index in [0.717, 1.165) is 0 Å². The summed E-state index contributed by atoms with van der Waals surface area (Å²) in [5.41, 5.74) is 12.3. The highest BCUT2D eigenvalue weighted by Crippen LogP contribution is 2.29. The molecule has 0 unspecified atom stereocenters. The maximum atomic E-state index is 12.1. The number of hydrogen-bond donors (Lipinski definition) is 3. The smallest absolute Gasteiger partial charge is 0.309 e. The van der Waals surface area contributed by atoms with E-state index in [2.05, 4.69) is 25.8 Å². The predicted molar refractivity (Wildman–Crippen MR) is 103 cm³/mol. The first-order chi connectivity index (χ1) is 13.6. The molecule has 0 radical (unpaired) electrons. The maximum Gasteiger partial charge on any atom is 0.309 e. The fourth-order valence-corrected chi connectivity index (χ4v) is 3.02. The van der Waals surface area contributed by atoms with Gasteiger partial charge in [-0.25, -0.2) is 9.97 Å². The van der Waals surface area contributed by atoms with Crippen LogP contribution >= 0.6 is 0 Å². The first-order valence-corrected chi connectivity index (χ1v) is 9.08. The Labute approximate surface area is 162 Å². The number of aromatic nitrogens is 3. The molecule has 0 saturated carbocycles. The Bertz CT molecular complexity index is 823. The van der Waals surface area contributed by atoms with Gasteiger partial charge in [-0.05, 0) is 31.9 Å². The van der Waals surface area contributed by atoms with Crippen LogP contribution in [0.15, 0.2) is 30.9 Å². The molecule has 1 saturated heterocycles. The van der Waals surface area contributed by atoms with Gasteiger partial charge in [0.1, 0.15) is 12.0 Å². The number of ether oxygens (including phenoxy) is 1. The number of nitrogens with zero attached hydrogens (tertiary/aromatic N) is 4. The second-order valence-corrected chi connectivity index (χ2v) is 6.29. The Balaban J connectivity index is 1.62. The van der Waals surface area contributed by atoms with E-state index >= 15 is 0 Å². The van der Waals surface area contributed by atoms with Gasteiger partial charge in [-0.3, -0.25) is 25.4 Å². The van der Waals surface area contributed by atoms with Gasteiger partial charge in [-0.15, -0.1) is 0 Å². The van der Waals surface area contributed by atoms with E-state index in [-0.39, 0.29) is 17.8 Å². The first kappa shape index (κ1) is 19.3. The summed E-state index contributed by atoms with van der Waals surface area (Å²) >= 11 is 0.